The van der Waals surface area contributed by atoms with E-state index in [2.05, 4.69) is 11.0 Å². The average Bonchev–Trinajstić information content (AvgIpc) is 2.68. The molecule has 1 aromatic rings. The lowest BCUT2D eigenvalue weighted by molar-refractivity contribution is -0.141. The lowest BCUT2D eigenvalue weighted by atomic mass is 9.89. The number of methoxy groups -OCH3 is 2. The van der Waals surface area contributed by atoms with Crippen LogP contribution in [0.2, 0.25) is 0 Å². The van der Waals surface area contributed by atoms with Gasteiger partial charge in [-0.05, 0) is 55.4 Å². The summed E-state index contributed by atoms with van der Waals surface area (Å²) in [5.41, 5.74) is 3.63. The van der Waals surface area contributed by atoms with E-state index in [0.717, 1.165) is 37.3 Å². The average molecular weight is 357 g/mol. The fourth-order valence-corrected chi connectivity index (χ4v) is 4.33. The largest absolute Gasteiger partial charge is 0.493 e. The van der Waals surface area contributed by atoms with E-state index in [1.165, 1.54) is 36.1 Å². The Labute approximate surface area is 154 Å². The van der Waals surface area contributed by atoms with E-state index in [-0.39, 0.29) is 11.9 Å². The molecule has 26 heavy (non-hydrogen) atoms. The molecule has 0 bridgehead atoms. The van der Waals surface area contributed by atoms with E-state index in [4.69, 9.17) is 14.6 Å². The smallest absolute Gasteiger partial charge is 0.245 e. The first-order valence-electron chi connectivity index (χ1n) is 9.55. The number of hydrogen-bond acceptors (Lipinski definition) is 5. The highest BCUT2D eigenvalue weighted by molar-refractivity contribution is 5.87. The molecule has 0 N–H and O–H groups in total. The Morgan fingerprint density at radius 1 is 1.04 bits per heavy atom. The van der Waals surface area contributed by atoms with E-state index in [1.807, 2.05) is 6.07 Å². The maximum absolute atomic E-state index is 12.7. The number of ether oxygens (including phenoxy) is 2. The van der Waals surface area contributed by atoms with Crippen LogP contribution in [-0.2, 0) is 11.2 Å². The van der Waals surface area contributed by atoms with Crippen LogP contribution in [0.5, 0.6) is 11.5 Å². The first-order chi connectivity index (χ1) is 12.7. The van der Waals surface area contributed by atoms with E-state index in [1.54, 1.807) is 19.2 Å². The second kappa shape index (κ2) is 7.27. The van der Waals surface area contributed by atoms with Crippen LogP contribution in [0.1, 0.15) is 55.7 Å². The summed E-state index contributed by atoms with van der Waals surface area (Å²) in [4.78, 5) is 15.1. The number of carbonyl (C=O) groups is 1. The molecule has 1 aromatic carbocycles. The quantitative estimate of drug-likeness (QED) is 0.834. The van der Waals surface area contributed by atoms with Crippen molar-refractivity contribution >= 4 is 11.6 Å². The molecule has 6 heteroatoms. The Hall–Kier alpha value is -2.08. The van der Waals surface area contributed by atoms with Crippen LogP contribution in [0.15, 0.2) is 17.2 Å². The van der Waals surface area contributed by atoms with Crippen molar-refractivity contribution in [1.82, 2.24) is 9.91 Å². The summed E-state index contributed by atoms with van der Waals surface area (Å²) in [5.74, 6) is 1.60. The van der Waals surface area contributed by atoms with Crippen LogP contribution < -0.4 is 9.47 Å². The topological polar surface area (TPSA) is 54.4 Å². The number of rotatable bonds is 3. The van der Waals surface area contributed by atoms with Crippen molar-refractivity contribution in [2.75, 3.05) is 27.4 Å². The number of hydrogen-bond donors (Lipinski definition) is 0. The van der Waals surface area contributed by atoms with Crippen molar-refractivity contribution in [3.05, 3.63) is 23.3 Å². The molecule has 0 spiro atoms. The third kappa shape index (κ3) is 3.18. The molecule has 0 unspecified atom stereocenters. The number of amides is 1. The van der Waals surface area contributed by atoms with Gasteiger partial charge in [0.25, 0.3) is 0 Å². The van der Waals surface area contributed by atoms with Crippen LogP contribution in [0.25, 0.3) is 0 Å². The Bertz CT molecular complexity index is 723. The zero-order valence-corrected chi connectivity index (χ0v) is 15.7. The van der Waals surface area contributed by atoms with Crippen molar-refractivity contribution < 1.29 is 14.3 Å². The molecular weight excluding hydrogens is 330 g/mol. The van der Waals surface area contributed by atoms with Crippen molar-refractivity contribution in [2.24, 2.45) is 5.10 Å². The summed E-state index contributed by atoms with van der Waals surface area (Å²) in [5, 5.41) is 6.40. The monoisotopic (exact) mass is 357 g/mol. The van der Waals surface area contributed by atoms with Gasteiger partial charge in [0, 0.05) is 24.7 Å². The van der Waals surface area contributed by atoms with E-state index >= 15 is 0 Å². The minimum atomic E-state index is 0.105. The van der Waals surface area contributed by atoms with Gasteiger partial charge in [-0.1, -0.05) is 6.42 Å². The molecule has 140 valence electrons. The lowest BCUT2D eigenvalue weighted by Crippen LogP contribution is -2.50. The molecule has 0 aromatic heterocycles. The second-order valence-electron chi connectivity index (χ2n) is 7.35. The summed E-state index contributed by atoms with van der Waals surface area (Å²) in [7, 11) is 3.31. The first-order valence-corrected chi connectivity index (χ1v) is 9.55. The van der Waals surface area contributed by atoms with Gasteiger partial charge in [-0.15, -0.1) is 0 Å². The van der Waals surface area contributed by atoms with Gasteiger partial charge >= 0.3 is 0 Å². The molecule has 6 nitrogen and oxygen atoms in total. The van der Waals surface area contributed by atoms with Crippen molar-refractivity contribution in [2.45, 2.75) is 51.0 Å². The summed E-state index contributed by atoms with van der Waals surface area (Å²) < 4.78 is 10.9. The van der Waals surface area contributed by atoms with Gasteiger partial charge in [-0.25, -0.2) is 5.01 Å². The van der Waals surface area contributed by atoms with Gasteiger partial charge in [0.1, 0.15) is 0 Å². The molecule has 3 aliphatic rings. The molecule has 1 saturated carbocycles. The van der Waals surface area contributed by atoms with Gasteiger partial charge in [-0.3, -0.25) is 9.69 Å². The molecule has 2 aliphatic heterocycles. The zero-order valence-electron chi connectivity index (χ0n) is 15.7. The number of carbonyl (C=O) groups excluding carboxylic acids is 1. The highest BCUT2D eigenvalue weighted by Crippen LogP contribution is 2.41. The molecule has 1 amide bonds. The molecular formula is C20H27N3O3. The maximum Gasteiger partial charge on any atom is 0.245 e. The third-order valence-corrected chi connectivity index (χ3v) is 5.78. The predicted molar refractivity (Wildman–Crippen MR) is 99.5 cm³/mol. The highest BCUT2D eigenvalue weighted by atomic mass is 16.5. The van der Waals surface area contributed by atoms with Crippen LogP contribution in [0.4, 0.5) is 0 Å². The Kier molecular flexibility index (Phi) is 4.85. The molecule has 2 heterocycles. The lowest BCUT2D eigenvalue weighted by Gasteiger charge is -2.43. The second-order valence-corrected chi connectivity index (χ2v) is 7.35. The SMILES string of the molecule is COc1cc2c(cc1OC)[C@H]1CC(=O)N(N=C3CCCCC3)CN1CC2. The van der Waals surface area contributed by atoms with E-state index in [9.17, 15) is 4.79 Å². The fraction of sp³-hybridized carbons (Fsp3) is 0.600. The zero-order chi connectivity index (χ0) is 18.1. The Morgan fingerprint density at radius 2 is 1.77 bits per heavy atom. The minimum Gasteiger partial charge on any atom is -0.493 e. The number of fused-ring (bicyclic) bond motifs is 3. The van der Waals surface area contributed by atoms with Gasteiger partial charge in [0.05, 0.1) is 20.9 Å². The van der Waals surface area contributed by atoms with Crippen LogP contribution in [0.3, 0.4) is 0 Å². The summed E-state index contributed by atoms with van der Waals surface area (Å²) in [6.07, 6.45) is 7.16. The van der Waals surface area contributed by atoms with Gasteiger partial charge in [-0.2, -0.15) is 5.10 Å². The molecule has 2 fully saturated rings. The van der Waals surface area contributed by atoms with Crippen LogP contribution >= 0.6 is 0 Å². The van der Waals surface area contributed by atoms with Crippen LogP contribution in [-0.4, -0.2) is 49.0 Å². The fourth-order valence-electron chi connectivity index (χ4n) is 4.33. The van der Waals surface area contributed by atoms with E-state index < -0.39 is 0 Å². The number of hydrazone groups is 1. The van der Waals surface area contributed by atoms with Gasteiger partial charge < -0.3 is 9.47 Å². The molecule has 0 radical (unpaired) electrons. The summed E-state index contributed by atoms with van der Waals surface area (Å²) in [6, 6.07) is 4.21. The molecule has 4 rings (SSSR count). The van der Waals surface area contributed by atoms with Gasteiger partial charge in [0.15, 0.2) is 11.5 Å². The predicted octanol–water partition coefficient (Wildman–Crippen LogP) is 3.11. The normalized spacial score (nSPS) is 23.3. The standard InChI is InChI=1S/C20H27N3O3/c1-25-18-10-14-8-9-22-13-23(21-15-6-4-3-5-7-15)20(24)12-17(22)16(14)11-19(18)26-2/h10-11,17H,3-9,12-13H2,1-2H3/t17-/m1/s1. The summed E-state index contributed by atoms with van der Waals surface area (Å²) >= 11 is 0. The first kappa shape index (κ1) is 17.3. The molecule has 1 saturated heterocycles. The van der Waals surface area contributed by atoms with Crippen molar-refractivity contribution in [3.8, 4) is 11.5 Å². The van der Waals surface area contributed by atoms with E-state index in [0.29, 0.717) is 13.1 Å². The third-order valence-electron chi connectivity index (χ3n) is 5.78. The highest BCUT2D eigenvalue weighted by Gasteiger charge is 2.37. The van der Waals surface area contributed by atoms with Crippen LogP contribution in [0, 0.1) is 0 Å². The number of nitrogens with zero attached hydrogens (tertiary/aromatic N) is 3. The Balaban J connectivity index is 1.57. The Morgan fingerprint density at radius 3 is 2.50 bits per heavy atom. The molecule has 1 aliphatic carbocycles. The maximum atomic E-state index is 12.7. The minimum absolute atomic E-state index is 0.105. The number of benzene rings is 1. The van der Waals surface area contributed by atoms with Crippen molar-refractivity contribution in [1.29, 1.82) is 0 Å². The molecule has 1 atom stereocenters. The van der Waals surface area contributed by atoms with Crippen molar-refractivity contribution in [3.63, 3.8) is 0 Å². The summed E-state index contributed by atoms with van der Waals surface area (Å²) in [6.45, 7) is 1.52. The van der Waals surface area contributed by atoms with Gasteiger partial charge in [0.2, 0.25) is 5.91 Å².